The average molecular weight is 408 g/mol. The number of carbonyl (C=O) groups excluding carboxylic acids is 2. The Bertz CT molecular complexity index is 959. The number of nitrogens with zero attached hydrogens (tertiary/aromatic N) is 1. The number of aliphatic hydroxyl groups excluding tert-OH is 1. The molecule has 0 spiro atoms. The quantitative estimate of drug-likeness (QED) is 0.676. The topological polar surface area (TPSA) is 66.8 Å². The van der Waals surface area contributed by atoms with Gasteiger partial charge in [0.2, 0.25) is 0 Å². The third-order valence-corrected chi connectivity index (χ3v) is 5.14. The van der Waals surface area contributed by atoms with Crippen LogP contribution >= 0.6 is 0 Å². The van der Waals surface area contributed by atoms with Crippen molar-refractivity contribution in [2.24, 2.45) is 5.92 Å². The first-order valence-electron chi connectivity index (χ1n) is 10.4. The van der Waals surface area contributed by atoms with E-state index in [0.29, 0.717) is 12.5 Å². The molecule has 0 saturated heterocycles. The standard InChI is InChI=1S/C25H29NO4/c1-5-21(27)22-23(19-8-6-7-17(4)13-19)26(25(29)24(22)28)14-18-9-11-20(12-10-18)30-15-16(2)3/h6-13,16,23,28H,5,14-15H2,1-4H3. The zero-order valence-corrected chi connectivity index (χ0v) is 18.0. The van der Waals surface area contributed by atoms with E-state index in [4.69, 9.17) is 4.74 Å². The number of amides is 1. The Morgan fingerprint density at radius 1 is 1.17 bits per heavy atom. The molecule has 0 radical (unpaired) electrons. The highest BCUT2D eigenvalue weighted by molar-refractivity contribution is 6.08. The Morgan fingerprint density at radius 2 is 1.87 bits per heavy atom. The summed E-state index contributed by atoms with van der Waals surface area (Å²) in [4.78, 5) is 27.1. The van der Waals surface area contributed by atoms with Crippen molar-refractivity contribution in [1.29, 1.82) is 0 Å². The number of hydrogen-bond donors (Lipinski definition) is 1. The first-order chi connectivity index (χ1) is 14.3. The lowest BCUT2D eigenvalue weighted by atomic mass is 9.94. The van der Waals surface area contributed by atoms with Gasteiger partial charge in [-0.1, -0.05) is 62.7 Å². The van der Waals surface area contributed by atoms with Gasteiger partial charge in [0.15, 0.2) is 11.5 Å². The summed E-state index contributed by atoms with van der Waals surface area (Å²) in [5.41, 5.74) is 2.93. The van der Waals surface area contributed by atoms with E-state index in [1.807, 2.05) is 55.5 Å². The summed E-state index contributed by atoms with van der Waals surface area (Å²) in [7, 11) is 0. The highest BCUT2D eigenvalue weighted by Crippen LogP contribution is 2.39. The fourth-order valence-electron chi connectivity index (χ4n) is 3.63. The second kappa shape index (κ2) is 9.16. The van der Waals surface area contributed by atoms with E-state index >= 15 is 0 Å². The van der Waals surface area contributed by atoms with Gasteiger partial charge in [0.05, 0.1) is 18.2 Å². The van der Waals surface area contributed by atoms with Crippen LogP contribution in [0, 0.1) is 12.8 Å². The molecule has 2 aromatic rings. The van der Waals surface area contributed by atoms with Crippen molar-refractivity contribution in [2.45, 2.75) is 46.7 Å². The molecule has 0 saturated carbocycles. The van der Waals surface area contributed by atoms with Crippen molar-refractivity contribution in [3.05, 3.63) is 76.6 Å². The summed E-state index contributed by atoms with van der Waals surface area (Å²) < 4.78 is 5.72. The van der Waals surface area contributed by atoms with Gasteiger partial charge in [0, 0.05) is 13.0 Å². The van der Waals surface area contributed by atoms with Gasteiger partial charge in [0.25, 0.3) is 5.91 Å². The number of ether oxygens (including phenoxy) is 1. The summed E-state index contributed by atoms with van der Waals surface area (Å²) >= 11 is 0. The molecule has 158 valence electrons. The van der Waals surface area contributed by atoms with E-state index in [9.17, 15) is 14.7 Å². The van der Waals surface area contributed by atoms with Crippen LogP contribution in [0.1, 0.15) is 49.9 Å². The number of Topliss-reactive ketones (excluding diaryl/α,β-unsaturated/α-hetero) is 1. The van der Waals surface area contributed by atoms with Gasteiger partial charge in [-0.3, -0.25) is 9.59 Å². The molecule has 0 bridgehead atoms. The third kappa shape index (κ3) is 4.56. The van der Waals surface area contributed by atoms with Crippen LogP contribution in [0.2, 0.25) is 0 Å². The lowest BCUT2D eigenvalue weighted by Crippen LogP contribution is -2.30. The van der Waals surface area contributed by atoms with Crippen LogP contribution in [0.5, 0.6) is 5.75 Å². The summed E-state index contributed by atoms with van der Waals surface area (Å²) in [5, 5.41) is 10.5. The molecule has 0 aromatic heterocycles. The first-order valence-corrected chi connectivity index (χ1v) is 10.4. The molecule has 2 aromatic carbocycles. The zero-order valence-electron chi connectivity index (χ0n) is 18.0. The minimum Gasteiger partial charge on any atom is -0.503 e. The number of rotatable bonds is 8. The van der Waals surface area contributed by atoms with Gasteiger partial charge in [-0.2, -0.15) is 0 Å². The Labute approximate surface area is 178 Å². The maximum absolute atomic E-state index is 12.9. The van der Waals surface area contributed by atoms with Crippen molar-refractivity contribution in [3.8, 4) is 5.75 Å². The minimum atomic E-state index is -0.596. The van der Waals surface area contributed by atoms with Gasteiger partial charge in [-0.15, -0.1) is 0 Å². The lowest BCUT2D eigenvalue weighted by molar-refractivity contribution is -0.130. The highest BCUT2D eigenvalue weighted by Gasteiger charge is 2.42. The van der Waals surface area contributed by atoms with Crippen LogP contribution in [-0.4, -0.2) is 28.3 Å². The summed E-state index contributed by atoms with van der Waals surface area (Å²) in [6, 6.07) is 14.7. The molecule has 1 unspecified atom stereocenters. The number of aryl methyl sites for hydroxylation is 1. The Morgan fingerprint density at radius 3 is 2.47 bits per heavy atom. The van der Waals surface area contributed by atoms with Gasteiger partial charge < -0.3 is 14.7 Å². The van der Waals surface area contributed by atoms with Gasteiger partial charge >= 0.3 is 0 Å². The molecular formula is C25H29NO4. The zero-order chi connectivity index (χ0) is 21.8. The van der Waals surface area contributed by atoms with E-state index in [1.54, 1.807) is 11.8 Å². The second-order valence-electron chi connectivity index (χ2n) is 8.14. The first kappa shape index (κ1) is 21.6. The second-order valence-corrected chi connectivity index (χ2v) is 8.14. The molecular weight excluding hydrogens is 378 g/mol. The predicted octanol–water partition coefficient (Wildman–Crippen LogP) is 4.90. The SMILES string of the molecule is CCC(=O)C1=C(O)C(=O)N(Cc2ccc(OCC(C)C)cc2)C1c1cccc(C)c1. The molecule has 1 N–H and O–H groups in total. The number of benzene rings is 2. The number of ketones is 1. The molecule has 1 amide bonds. The fourth-order valence-corrected chi connectivity index (χ4v) is 3.63. The minimum absolute atomic E-state index is 0.185. The van der Waals surface area contributed by atoms with Gasteiger partial charge in [-0.05, 0) is 36.1 Å². The third-order valence-electron chi connectivity index (χ3n) is 5.14. The molecule has 5 heteroatoms. The van der Waals surface area contributed by atoms with Crippen molar-refractivity contribution in [3.63, 3.8) is 0 Å². The fraction of sp³-hybridized carbons (Fsp3) is 0.360. The van der Waals surface area contributed by atoms with Crippen molar-refractivity contribution in [1.82, 2.24) is 4.90 Å². The van der Waals surface area contributed by atoms with Gasteiger partial charge in [0.1, 0.15) is 5.75 Å². The number of aliphatic hydroxyl groups is 1. The van der Waals surface area contributed by atoms with Crippen LogP contribution in [0.25, 0.3) is 0 Å². The monoisotopic (exact) mass is 407 g/mol. The average Bonchev–Trinajstić information content (AvgIpc) is 2.97. The summed E-state index contributed by atoms with van der Waals surface area (Å²) in [5.74, 6) is 0.0415. The Hall–Kier alpha value is -3.08. The number of carbonyl (C=O) groups is 2. The molecule has 1 aliphatic rings. The van der Waals surface area contributed by atoms with E-state index in [0.717, 1.165) is 22.4 Å². The maximum Gasteiger partial charge on any atom is 0.290 e. The lowest BCUT2D eigenvalue weighted by Gasteiger charge is -2.27. The van der Waals surface area contributed by atoms with Crippen molar-refractivity contribution in [2.75, 3.05) is 6.61 Å². The van der Waals surface area contributed by atoms with Crippen LogP contribution in [0.3, 0.4) is 0 Å². The molecule has 30 heavy (non-hydrogen) atoms. The molecule has 1 atom stereocenters. The van der Waals surface area contributed by atoms with Crippen molar-refractivity contribution < 1.29 is 19.4 Å². The van der Waals surface area contributed by atoms with Crippen LogP contribution in [-0.2, 0) is 16.1 Å². The molecule has 5 nitrogen and oxygen atoms in total. The molecule has 1 heterocycles. The van der Waals surface area contributed by atoms with Crippen molar-refractivity contribution >= 4 is 11.7 Å². The van der Waals surface area contributed by atoms with Crippen LogP contribution in [0.4, 0.5) is 0 Å². The smallest absolute Gasteiger partial charge is 0.290 e. The van der Waals surface area contributed by atoms with E-state index in [2.05, 4.69) is 13.8 Å². The Balaban J connectivity index is 1.90. The Kier molecular flexibility index (Phi) is 6.60. The maximum atomic E-state index is 12.9. The largest absolute Gasteiger partial charge is 0.503 e. The molecule has 0 aliphatic carbocycles. The molecule has 0 fully saturated rings. The molecule has 3 rings (SSSR count). The normalized spacial score (nSPS) is 16.5. The number of hydrogen-bond acceptors (Lipinski definition) is 4. The summed E-state index contributed by atoms with van der Waals surface area (Å²) in [6.07, 6.45) is 0.227. The highest BCUT2D eigenvalue weighted by atomic mass is 16.5. The predicted molar refractivity (Wildman–Crippen MR) is 116 cm³/mol. The summed E-state index contributed by atoms with van der Waals surface area (Å²) in [6.45, 7) is 8.80. The van der Waals surface area contributed by atoms with Crippen LogP contribution in [0.15, 0.2) is 59.9 Å². The van der Waals surface area contributed by atoms with E-state index in [-0.39, 0.29) is 24.3 Å². The molecule has 1 aliphatic heterocycles. The van der Waals surface area contributed by atoms with Gasteiger partial charge in [-0.25, -0.2) is 0 Å². The van der Waals surface area contributed by atoms with E-state index < -0.39 is 17.7 Å². The van der Waals surface area contributed by atoms with E-state index in [1.165, 1.54) is 0 Å². The van der Waals surface area contributed by atoms with Crippen LogP contribution < -0.4 is 4.74 Å².